The first-order valence-corrected chi connectivity index (χ1v) is 6.67. The number of halogens is 2. The zero-order chi connectivity index (χ0) is 13.7. The highest BCUT2D eigenvalue weighted by Crippen LogP contribution is 2.17. The highest BCUT2D eigenvalue weighted by molar-refractivity contribution is 9.10. The number of hydrogen-bond donors (Lipinski definition) is 1. The molecule has 1 amide bonds. The molecule has 18 heavy (non-hydrogen) atoms. The molecule has 1 aromatic rings. The molecular formula is C13H18BrFN2O. The number of rotatable bonds is 5. The van der Waals surface area contributed by atoms with Crippen LogP contribution in [-0.2, 0) is 11.3 Å². The summed E-state index contributed by atoms with van der Waals surface area (Å²) in [5, 5.41) is 3.13. The molecule has 1 N–H and O–H groups in total. The molecule has 0 radical (unpaired) electrons. The van der Waals surface area contributed by atoms with Gasteiger partial charge in [-0.2, -0.15) is 0 Å². The van der Waals surface area contributed by atoms with Crippen LogP contribution < -0.4 is 5.32 Å². The number of amides is 1. The average Bonchev–Trinajstić information content (AvgIpc) is 2.35. The minimum absolute atomic E-state index is 0.0516. The number of nitrogens with one attached hydrogen (secondary N) is 1. The summed E-state index contributed by atoms with van der Waals surface area (Å²) in [7, 11) is 1.77. The molecule has 0 saturated heterocycles. The van der Waals surface area contributed by atoms with Gasteiger partial charge in [0.2, 0.25) is 5.91 Å². The molecule has 5 heteroatoms. The van der Waals surface area contributed by atoms with E-state index in [1.165, 1.54) is 12.1 Å². The van der Waals surface area contributed by atoms with E-state index in [0.717, 1.165) is 5.56 Å². The van der Waals surface area contributed by atoms with Crippen molar-refractivity contribution in [1.29, 1.82) is 0 Å². The summed E-state index contributed by atoms with van der Waals surface area (Å²) in [6, 6.07) is 4.27. The van der Waals surface area contributed by atoms with Crippen LogP contribution in [0.3, 0.4) is 0 Å². The fraction of sp³-hybridized carbons (Fsp3) is 0.462. The van der Waals surface area contributed by atoms with E-state index in [9.17, 15) is 9.18 Å². The van der Waals surface area contributed by atoms with Crippen molar-refractivity contribution in [3.05, 3.63) is 34.1 Å². The van der Waals surface area contributed by atoms with Crippen molar-refractivity contribution >= 4 is 21.8 Å². The molecule has 0 aliphatic rings. The van der Waals surface area contributed by atoms with Gasteiger partial charge in [-0.25, -0.2) is 4.39 Å². The maximum absolute atomic E-state index is 12.9. The third-order valence-corrected chi connectivity index (χ3v) is 3.57. The van der Waals surface area contributed by atoms with Gasteiger partial charge in [-0.3, -0.25) is 4.79 Å². The Morgan fingerprint density at radius 3 is 2.78 bits per heavy atom. The van der Waals surface area contributed by atoms with Crippen LogP contribution in [-0.4, -0.2) is 30.4 Å². The summed E-state index contributed by atoms with van der Waals surface area (Å²) in [6.07, 6.45) is 0. The molecule has 0 aliphatic heterocycles. The molecular weight excluding hydrogens is 299 g/mol. The Bertz CT molecular complexity index is 425. The van der Waals surface area contributed by atoms with Crippen LogP contribution in [0.4, 0.5) is 4.39 Å². The van der Waals surface area contributed by atoms with E-state index in [1.807, 2.05) is 13.8 Å². The third kappa shape index (κ3) is 4.07. The lowest BCUT2D eigenvalue weighted by Gasteiger charge is -2.20. The Morgan fingerprint density at radius 1 is 1.56 bits per heavy atom. The summed E-state index contributed by atoms with van der Waals surface area (Å²) in [5.74, 6) is -0.226. The minimum Gasteiger partial charge on any atom is -0.345 e. The van der Waals surface area contributed by atoms with Gasteiger partial charge >= 0.3 is 0 Å². The number of benzene rings is 1. The highest BCUT2D eigenvalue weighted by atomic mass is 79.9. The first-order valence-electron chi connectivity index (χ1n) is 5.88. The van der Waals surface area contributed by atoms with Gasteiger partial charge in [0.1, 0.15) is 5.82 Å². The van der Waals surface area contributed by atoms with Crippen LogP contribution in [0.5, 0.6) is 0 Å². The summed E-state index contributed by atoms with van der Waals surface area (Å²) in [6.45, 7) is 4.96. The molecule has 0 fully saturated rings. The fourth-order valence-corrected chi connectivity index (χ4v) is 1.99. The maximum atomic E-state index is 12.9. The summed E-state index contributed by atoms with van der Waals surface area (Å²) in [5.41, 5.74) is 0.926. The molecule has 0 heterocycles. The van der Waals surface area contributed by atoms with Crippen LogP contribution in [0.2, 0.25) is 0 Å². The molecule has 0 bridgehead atoms. The second-order valence-electron chi connectivity index (χ2n) is 4.19. The van der Waals surface area contributed by atoms with Crippen molar-refractivity contribution in [2.24, 2.45) is 0 Å². The molecule has 1 unspecified atom stereocenters. The number of likely N-dealkylation sites (N-methyl/N-ethyl adjacent to an activating group) is 1. The number of carbonyl (C=O) groups excluding carboxylic acids is 1. The van der Waals surface area contributed by atoms with Crippen LogP contribution in [0.15, 0.2) is 22.7 Å². The zero-order valence-corrected chi connectivity index (χ0v) is 12.4. The number of carbonyl (C=O) groups is 1. The van der Waals surface area contributed by atoms with Gasteiger partial charge < -0.3 is 10.2 Å². The summed E-state index contributed by atoms with van der Waals surface area (Å²) in [4.78, 5) is 13.5. The van der Waals surface area contributed by atoms with Gasteiger partial charge in [0, 0.05) is 24.6 Å². The Labute approximate surface area is 115 Å². The van der Waals surface area contributed by atoms with Gasteiger partial charge in [-0.15, -0.1) is 0 Å². The zero-order valence-electron chi connectivity index (χ0n) is 10.8. The van der Waals surface area contributed by atoms with Gasteiger partial charge in [0.05, 0.1) is 6.04 Å². The Morgan fingerprint density at radius 2 is 2.22 bits per heavy atom. The van der Waals surface area contributed by atoms with Gasteiger partial charge in [0.25, 0.3) is 0 Å². The summed E-state index contributed by atoms with van der Waals surface area (Å²) >= 11 is 3.30. The normalized spacial score (nSPS) is 12.3. The predicted molar refractivity (Wildman–Crippen MR) is 73.7 cm³/mol. The molecule has 1 aromatic carbocycles. The summed E-state index contributed by atoms with van der Waals surface area (Å²) < 4.78 is 13.6. The first-order chi connectivity index (χ1) is 8.45. The lowest BCUT2D eigenvalue weighted by Crippen LogP contribution is -2.42. The lowest BCUT2D eigenvalue weighted by molar-refractivity contribution is -0.131. The van der Waals surface area contributed by atoms with Crippen molar-refractivity contribution in [1.82, 2.24) is 10.2 Å². The van der Waals surface area contributed by atoms with Crippen molar-refractivity contribution in [3.63, 3.8) is 0 Å². The Kier molecular flexibility index (Phi) is 5.75. The maximum Gasteiger partial charge on any atom is 0.239 e. The smallest absolute Gasteiger partial charge is 0.239 e. The monoisotopic (exact) mass is 316 g/mol. The quantitative estimate of drug-likeness (QED) is 0.905. The SMILES string of the molecule is CCN(C)C(=O)C(C)NCc1ccc(F)cc1Br. The van der Waals surface area contributed by atoms with Crippen LogP contribution >= 0.6 is 15.9 Å². The molecule has 0 spiro atoms. The lowest BCUT2D eigenvalue weighted by atomic mass is 10.2. The number of nitrogens with zero attached hydrogens (tertiary/aromatic N) is 1. The van der Waals surface area contributed by atoms with E-state index in [-0.39, 0.29) is 17.8 Å². The van der Waals surface area contributed by atoms with Crippen molar-refractivity contribution < 1.29 is 9.18 Å². The largest absolute Gasteiger partial charge is 0.345 e. The van der Waals surface area contributed by atoms with Gasteiger partial charge in [0.15, 0.2) is 0 Å². The van der Waals surface area contributed by atoms with E-state index < -0.39 is 0 Å². The average molecular weight is 317 g/mol. The second-order valence-corrected chi connectivity index (χ2v) is 5.05. The van der Waals surface area contributed by atoms with Gasteiger partial charge in [-0.05, 0) is 31.5 Å². The van der Waals surface area contributed by atoms with Crippen molar-refractivity contribution in [3.8, 4) is 0 Å². The van der Waals surface area contributed by atoms with Crippen LogP contribution in [0, 0.1) is 5.82 Å². The molecule has 100 valence electrons. The van der Waals surface area contributed by atoms with Crippen LogP contribution in [0.25, 0.3) is 0 Å². The van der Waals surface area contributed by atoms with Crippen LogP contribution in [0.1, 0.15) is 19.4 Å². The molecule has 1 rings (SSSR count). The van der Waals surface area contributed by atoms with E-state index in [1.54, 1.807) is 18.0 Å². The molecule has 1 atom stereocenters. The van der Waals surface area contributed by atoms with Crippen molar-refractivity contribution in [2.45, 2.75) is 26.4 Å². The molecule has 3 nitrogen and oxygen atoms in total. The van der Waals surface area contributed by atoms with Crippen molar-refractivity contribution in [2.75, 3.05) is 13.6 Å². The molecule has 0 saturated carbocycles. The Balaban J connectivity index is 2.57. The fourth-order valence-electron chi connectivity index (χ4n) is 1.50. The number of hydrogen-bond acceptors (Lipinski definition) is 2. The Hall–Kier alpha value is -0.940. The van der Waals surface area contributed by atoms with E-state index >= 15 is 0 Å². The topological polar surface area (TPSA) is 32.3 Å². The molecule has 0 aromatic heterocycles. The van der Waals surface area contributed by atoms with E-state index in [2.05, 4.69) is 21.2 Å². The van der Waals surface area contributed by atoms with E-state index in [0.29, 0.717) is 17.6 Å². The highest BCUT2D eigenvalue weighted by Gasteiger charge is 2.15. The first kappa shape index (κ1) is 15.1. The van der Waals surface area contributed by atoms with E-state index in [4.69, 9.17) is 0 Å². The predicted octanol–water partition coefficient (Wildman–Crippen LogP) is 2.54. The van der Waals surface area contributed by atoms with Gasteiger partial charge in [-0.1, -0.05) is 22.0 Å². The minimum atomic E-state index is -0.277. The standard InChI is InChI=1S/C13H18BrFN2O/c1-4-17(3)13(18)9(2)16-8-10-5-6-11(15)7-12(10)14/h5-7,9,16H,4,8H2,1-3H3. The molecule has 0 aliphatic carbocycles. The third-order valence-electron chi connectivity index (χ3n) is 2.83. The second kappa shape index (κ2) is 6.85.